The second kappa shape index (κ2) is 8.19. The Labute approximate surface area is 135 Å². The molecule has 116 valence electrons. The van der Waals surface area contributed by atoms with E-state index in [1.807, 2.05) is 43.3 Å². The van der Waals surface area contributed by atoms with Gasteiger partial charge in [-0.2, -0.15) is 0 Å². The number of methoxy groups -OCH3 is 1. The first-order valence-corrected chi connectivity index (χ1v) is 7.32. The maximum Gasteiger partial charge on any atom is 0.171 e. The van der Waals surface area contributed by atoms with Gasteiger partial charge in [0, 0.05) is 18.1 Å². The van der Waals surface area contributed by atoms with Crippen LogP contribution in [-0.4, -0.2) is 29.9 Å². The number of ether oxygens (including phenoxy) is 2. The predicted molar refractivity (Wildman–Crippen MR) is 91.5 cm³/mol. The summed E-state index contributed by atoms with van der Waals surface area (Å²) in [6.45, 7) is 2.51. The Balaban J connectivity index is 1.74. The number of anilines is 1. The van der Waals surface area contributed by atoms with Crippen LogP contribution in [0.25, 0.3) is 0 Å². The standard InChI is InChI=1S/C16H19N3O2S/c1-12(11-21-15-5-3-14(20-2)4-6-15)18-16(22)19-13-7-9-17-10-8-13/h3-10,12H,11H2,1-2H3,(H2,17,18,19,22)/t12-/m0/s1. The van der Waals surface area contributed by atoms with Gasteiger partial charge in [0.05, 0.1) is 13.2 Å². The zero-order valence-corrected chi connectivity index (χ0v) is 13.4. The Morgan fingerprint density at radius 2 is 1.77 bits per heavy atom. The molecule has 1 atom stereocenters. The summed E-state index contributed by atoms with van der Waals surface area (Å²) in [6.07, 6.45) is 3.42. The Bertz CT molecular complexity index is 590. The van der Waals surface area contributed by atoms with Crippen molar-refractivity contribution in [3.63, 3.8) is 0 Å². The molecule has 0 amide bonds. The number of hydrogen-bond donors (Lipinski definition) is 2. The molecular formula is C16H19N3O2S. The fraction of sp³-hybridized carbons (Fsp3) is 0.250. The van der Waals surface area contributed by atoms with Crippen molar-refractivity contribution in [1.82, 2.24) is 10.3 Å². The van der Waals surface area contributed by atoms with Gasteiger partial charge in [-0.1, -0.05) is 0 Å². The number of benzene rings is 1. The van der Waals surface area contributed by atoms with Crippen molar-refractivity contribution < 1.29 is 9.47 Å². The zero-order chi connectivity index (χ0) is 15.8. The SMILES string of the molecule is COc1ccc(OC[C@H](C)NC(=S)Nc2ccncc2)cc1. The Kier molecular flexibility index (Phi) is 5.97. The zero-order valence-electron chi connectivity index (χ0n) is 12.6. The molecule has 1 aromatic heterocycles. The van der Waals surface area contributed by atoms with Crippen LogP contribution in [0.15, 0.2) is 48.8 Å². The summed E-state index contributed by atoms with van der Waals surface area (Å²) in [6, 6.07) is 11.3. The van der Waals surface area contributed by atoms with Crippen molar-refractivity contribution in [2.24, 2.45) is 0 Å². The minimum absolute atomic E-state index is 0.0731. The van der Waals surface area contributed by atoms with Gasteiger partial charge in [0.25, 0.3) is 0 Å². The van der Waals surface area contributed by atoms with Gasteiger partial charge in [-0.3, -0.25) is 4.98 Å². The maximum atomic E-state index is 5.70. The van der Waals surface area contributed by atoms with E-state index in [2.05, 4.69) is 15.6 Å². The number of hydrogen-bond acceptors (Lipinski definition) is 4. The largest absolute Gasteiger partial charge is 0.497 e. The third-order valence-corrected chi connectivity index (χ3v) is 3.10. The molecular weight excluding hydrogens is 298 g/mol. The fourth-order valence-corrected chi connectivity index (χ4v) is 2.08. The lowest BCUT2D eigenvalue weighted by molar-refractivity contribution is 0.286. The number of thiocarbonyl (C=S) groups is 1. The highest BCUT2D eigenvalue weighted by molar-refractivity contribution is 7.80. The normalized spacial score (nSPS) is 11.4. The van der Waals surface area contributed by atoms with Crippen LogP contribution in [0.3, 0.4) is 0 Å². The number of nitrogens with one attached hydrogen (secondary N) is 2. The van der Waals surface area contributed by atoms with E-state index in [1.165, 1.54) is 0 Å². The summed E-state index contributed by atoms with van der Waals surface area (Å²) in [5.74, 6) is 1.60. The van der Waals surface area contributed by atoms with Gasteiger partial charge in [0.15, 0.2) is 5.11 Å². The van der Waals surface area contributed by atoms with E-state index in [1.54, 1.807) is 19.5 Å². The highest BCUT2D eigenvalue weighted by Crippen LogP contribution is 2.17. The summed E-state index contributed by atoms with van der Waals surface area (Å²) in [7, 11) is 1.64. The Hall–Kier alpha value is -2.34. The van der Waals surface area contributed by atoms with Crippen LogP contribution in [0, 0.1) is 0 Å². The van der Waals surface area contributed by atoms with Crippen molar-refractivity contribution in [3.8, 4) is 11.5 Å². The molecule has 22 heavy (non-hydrogen) atoms. The Morgan fingerprint density at radius 3 is 2.41 bits per heavy atom. The van der Waals surface area contributed by atoms with Crippen molar-refractivity contribution in [2.75, 3.05) is 19.0 Å². The highest BCUT2D eigenvalue weighted by Gasteiger charge is 2.05. The molecule has 0 aliphatic rings. The van der Waals surface area contributed by atoms with Gasteiger partial charge in [0.1, 0.15) is 18.1 Å². The fourth-order valence-electron chi connectivity index (χ4n) is 1.76. The predicted octanol–water partition coefficient (Wildman–Crippen LogP) is 2.84. The molecule has 0 bridgehead atoms. The first kappa shape index (κ1) is 16.0. The van der Waals surface area contributed by atoms with E-state index in [4.69, 9.17) is 21.7 Å². The smallest absolute Gasteiger partial charge is 0.171 e. The molecule has 2 rings (SSSR count). The molecule has 2 N–H and O–H groups in total. The van der Waals surface area contributed by atoms with Gasteiger partial charge in [-0.05, 0) is 55.5 Å². The average Bonchev–Trinajstić information content (AvgIpc) is 2.54. The van der Waals surface area contributed by atoms with E-state index < -0.39 is 0 Å². The molecule has 0 spiro atoms. The molecule has 6 heteroatoms. The molecule has 0 aliphatic carbocycles. The van der Waals surface area contributed by atoms with E-state index in [0.29, 0.717) is 11.7 Å². The number of pyridine rings is 1. The van der Waals surface area contributed by atoms with E-state index in [0.717, 1.165) is 17.2 Å². The summed E-state index contributed by atoms with van der Waals surface area (Å²) >= 11 is 5.26. The van der Waals surface area contributed by atoms with Crippen LogP contribution in [0.2, 0.25) is 0 Å². The monoisotopic (exact) mass is 317 g/mol. The van der Waals surface area contributed by atoms with E-state index in [9.17, 15) is 0 Å². The molecule has 0 fully saturated rings. The van der Waals surface area contributed by atoms with Crippen molar-refractivity contribution in [2.45, 2.75) is 13.0 Å². The molecule has 5 nitrogen and oxygen atoms in total. The maximum absolute atomic E-state index is 5.70. The summed E-state index contributed by atoms with van der Waals surface area (Å²) in [4.78, 5) is 3.96. The van der Waals surface area contributed by atoms with Crippen molar-refractivity contribution in [1.29, 1.82) is 0 Å². The van der Waals surface area contributed by atoms with E-state index in [-0.39, 0.29) is 6.04 Å². The van der Waals surface area contributed by atoms with Crippen LogP contribution >= 0.6 is 12.2 Å². The lowest BCUT2D eigenvalue weighted by Gasteiger charge is -2.17. The first-order chi connectivity index (χ1) is 10.7. The second-order valence-electron chi connectivity index (χ2n) is 4.72. The molecule has 1 heterocycles. The molecule has 0 saturated heterocycles. The van der Waals surface area contributed by atoms with E-state index >= 15 is 0 Å². The second-order valence-corrected chi connectivity index (χ2v) is 5.13. The van der Waals surface area contributed by atoms with Crippen LogP contribution in [0.1, 0.15) is 6.92 Å². The topological polar surface area (TPSA) is 55.4 Å². The molecule has 1 aromatic carbocycles. The summed E-state index contributed by atoms with van der Waals surface area (Å²) < 4.78 is 10.8. The average molecular weight is 317 g/mol. The first-order valence-electron chi connectivity index (χ1n) is 6.92. The lowest BCUT2D eigenvalue weighted by Crippen LogP contribution is -2.39. The van der Waals surface area contributed by atoms with Gasteiger partial charge in [-0.25, -0.2) is 0 Å². The highest BCUT2D eigenvalue weighted by atomic mass is 32.1. The quantitative estimate of drug-likeness (QED) is 0.799. The van der Waals surface area contributed by atoms with Crippen LogP contribution in [-0.2, 0) is 0 Å². The lowest BCUT2D eigenvalue weighted by atomic mass is 10.3. The molecule has 0 aliphatic heterocycles. The van der Waals surface area contributed by atoms with Crippen molar-refractivity contribution in [3.05, 3.63) is 48.8 Å². The number of aromatic nitrogens is 1. The van der Waals surface area contributed by atoms with Gasteiger partial charge in [0.2, 0.25) is 0 Å². The third-order valence-electron chi connectivity index (χ3n) is 2.88. The molecule has 2 aromatic rings. The summed E-state index contributed by atoms with van der Waals surface area (Å²) in [5.41, 5.74) is 0.899. The minimum atomic E-state index is 0.0731. The van der Waals surface area contributed by atoms with Gasteiger partial charge in [-0.15, -0.1) is 0 Å². The minimum Gasteiger partial charge on any atom is -0.497 e. The Morgan fingerprint density at radius 1 is 1.14 bits per heavy atom. The van der Waals surface area contributed by atoms with Crippen LogP contribution < -0.4 is 20.1 Å². The van der Waals surface area contributed by atoms with Crippen LogP contribution in [0.5, 0.6) is 11.5 Å². The molecule has 0 saturated carbocycles. The third kappa shape index (κ3) is 5.21. The number of nitrogens with zero attached hydrogens (tertiary/aromatic N) is 1. The van der Waals surface area contributed by atoms with Crippen LogP contribution in [0.4, 0.5) is 5.69 Å². The van der Waals surface area contributed by atoms with Crippen molar-refractivity contribution >= 4 is 23.0 Å². The molecule has 0 unspecified atom stereocenters. The molecule has 0 radical (unpaired) electrons. The summed E-state index contributed by atoms with van der Waals surface area (Å²) in [5, 5.41) is 6.82. The van der Waals surface area contributed by atoms with Gasteiger partial charge >= 0.3 is 0 Å². The number of rotatable bonds is 6. The van der Waals surface area contributed by atoms with Gasteiger partial charge < -0.3 is 20.1 Å².